The number of carbonyl (C=O) groups is 2. The van der Waals surface area contributed by atoms with Gasteiger partial charge in [0.1, 0.15) is 0 Å². The van der Waals surface area contributed by atoms with Gasteiger partial charge < -0.3 is 0 Å². The van der Waals surface area contributed by atoms with Crippen molar-refractivity contribution in [2.45, 2.75) is 44.9 Å². The summed E-state index contributed by atoms with van der Waals surface area (Å²) in [5.74, 6) is -0.0585. The lowest BCUT2D eigenvalue weighted by molar-refractivity contribution is -0.130. The van der Waals surface area contributed by atoms with Gasteiger partial charge in [0.05, 0.1) is 4.75 Å². The first-order valence-electron chi connectivity index (χ1n) is 4.46. The van der Waals surface area contributed by atoms with Crippen LogP contribution in [0.4, 0.5) is 4.79 Å². The fourth-order valence-electron chi connectivity index (χ4n) is 1.25. The average Bonchev–Trinajstić information content (AvgIpc) is 2.21. The summed E-state index contributed by atoms with van der Waals surface area (Å²) >= 11 is 1.12. The third-order valence-electron chi connectivity index (χ3n) is 2.30. The van der Waals surface area contributed by atoms with Crippen LogP contribution in [0.1, 0.15) is 34.1 Å². The minimum absolute atomic E-state index is 0.0225. The lowest BCUT2D eigenvalue weighted by Crippen LogP contribution is -2.41. The second-order valence-electron chi connectivity index (χ2n) is 3.81. The molecule has 13 heavy (non-hydrogen) atoms. The summed E-state index contributed by atoms with van der Waals surface area (Å²) in [5.41, 5.74) is 0. The van der Waals surface area contributed by atoms with E-state index in [4.69, 9.17) is 0 Å². The van der Waals surface area contributed by atoms with E-state index in [0.717, 1.165) is 18.2 Å². The Labute approximate surface area is 82.9 Å². The number of hydrogen-bond donors (Lipinski definition) is 0. The molecule has 1 aliphatic rings. The molecule has 1 heterocycles. The van der Waals surface area contributed by atoms with E-state index < -0.39 is 4.75 Å². The Morgan fingerprint density at radius 3 is 2.31 bits per heavy atom. The van der Waals surface area contributed by atoms with Crippen molar-refractivity contribution in [3.8, 4) is 0 Å². The molecule has 0 aromatic rings. The number of hydrogen-bond acceptors (Lipinski definition) is 3. The van der Waals surface area contributed by atoms with Crippen LogP contribution in [0.2, 0.25) is 0 Å². The molecule has 74 valence electrons. The van der Waals surface area contributed by atoms with Crippen LogP contribution in [0.3, 0.4) is 0 Å². The van der Waals surface area contributed by atoms with E-state index in [1.807, 2.05) is 13.8 Å². The van der Waals surface area contributed by atoms with Crippen LogP contribution in [0.5, 0.6) is 0 Å². The minimum atomic E-state index is -0.569. The van der Waals surface area contributed by atoms with Crippen LogP contribution < -0.4 is 0 Å². The van der Waals surface area contributed by atoms with Crippen LogP contribution in [0.25, 0.3) is 0 Å². The molecule has 0 N–H and O–H groups in total. The fourth-order valence-corrected chi connectivity index (χ4v) is 2.23. The maximum atomic E-state index is 11.7. The van der Waals surface area contributed by atoms with Gasteiger partial charge in [-0.15, -0.1) is 0 Å². The second kappa shape index (κ2) is 3.33. The molecular weight excluding hydrogens is 186 g/mol. The van der Waals surface area contributed by atoms with Gasteiger partial charge in [-0.25, -0.2) is 0 Å². The van der Waals surface area contributed by atoms with Crippen molar-refractivity contribution < 1.29 is 9.59 Å². The SMILES string of the molecule is CCC(C)N1C(=O)SC(C)(C)C1=O. The number of rotatable bonds is 2. The van der Waals surface area contributed by atoms with Crippen molar-refractivity contribution in [2.24, 2.45) is 0 Å². The lowest BCUT2D eigenvalue weighted by atomic mass is 10.1. The number of amides is 2. The van der Waals surface area contributed by atoms with Crippen molar-refractivity contribution >= 4 is 22.9 Å². The summed E-state index contributed by atoms with van der Waals surface area (Å²) in [5, 5.41) is -0.107. The number of carbonyl (C=O) groups excluding carboxylic acids is 2. The molecule has 0 aliphatic carbocycles. The fraction of sp³-hybridized carbons (Fsp3) is 0.778. The van der Waals surface area contributed by atoms with Crippen LogP contribution in [0, 0.1) is 0 Å². The summed E-state index contributed by atoms with van der Waals surface area (Å²) in [6.07, 6.45) is 0.814. The zero-order valence-electron chi connectivity index (χ0n) is 8.46. The van der Waals surface area contributed by atoms with E-state index in [-0.39, 0.29) is 17.2 Å². The molecule has 0 radical (unpaired) electrons. The Kier molecular flexibility index (Phi) is 2.71. The number of thioether (sulfide) groups is 1. The van der Waals surface area contributed by atoms with Crippen LogP contribution in [0.15, 0.2) is 0 Å². The van der Waals surface area contributed by atoms with Gasteiger partial charge in [0.15, 0.2) is 0 Å². The predicted octanol–water partition coefficient (Wildman–Crippen LogP) is 2.26. The highest BCUT2D eigenvalue weighted by molar-refractivity contribution is 8.16. The quantitative estimate of drug-likeness (QED) is 0.687. The molecular formula is C9H15NO2S. The maximum Gasteiger partial charge on any atom is 0.289 e. The third-order valence-corrected chi connectivity index (χ3v) is 3.36. The third kappa shape index (κ3) is 1.73. The van der Waals surface area contributed by atoms with E-state index in [0.29, 0.717) is 0 Å². The normalized spacial score (nSPS) is 23.8. The highest BCUT2D eigenvalue weighted by Crippen LogP contribution is 2.37. The molecule has 1 aliphatic heterocycles. The first kappa shape index (κ1) is 10.6. The van der Waals surface area contributed by atoms with Gasteiger partial charge in [-0.05, 0) is 39.0 Å². The average molecular weight is 201 g/mol. The Morgan fingerprint density at radius 2 is 2.00 bits per heavy atom. The monoisotopic (exact) mass is 201 g/mol. The van der Waals surface area contributed by atoms with Crippen molar-refractivity contribution in [1.82, 2.24) is 4.90 Å². The molecule has 0 saturated carbocycles. The van der Waals surface area contributed by atoms with Gasteiger partial charge in [0.25, 0.3) is 5.24 Å². The largest absolute Gasteiger partial charge is 0.289 e. The van der Waals surface area contributed by atoms with Crippen LogP contribution in [-0.4, -0.2) is 26.8 Å². The Hall–Kier alpha value is -0.510. The molecule has 1 unspecified atom stereocenters. The van der Waals surface area contributed by atoms with E-state index in [2.05, 4.69) is 0 Å². The molecule has 0 bridgehead atoms. The summed E-state index contributed by atoms with van der Waals surface area (Å²) in [6, 6.07) is 0.0225. The van der Waals surface area contributed by atoms with Crippen molar-refractivity contribution in [1.29, 1.82) is 0 Å². The van der Waals surface area contributed by atoms with Crippen molar-refractivity contribution in [3.63, 3.8) is 0 Å². The summed E-state index contributed by atoms with van der Waals surface area (Å²) < 4.78 is -0.569. The van der Waals surface area contributed by atoms with Gasteiger partial charge >= 0.3 is 0 Å². The number of imide groups is 1. The molecule has 0 aromatic heterocycles. The molecule has 0 spiro atoms. The Bertz CT molecular complexity index is 250. The van der Waals surface area contributed by atoms with Crippen molar-refractivity contribution in [2.75, 3.05) is 0 Å². The first-order chi connectivity index (χ1) is 5.90. The summed E-state index contributed by atoms with van der Waals surface area (Å²) in [6.45, 7) is 7.46. The second-order valence-corrected chi connectivity index (χ2v) is 5.38. The summed E-state index contributed by atoms with van der Waals surface area (Å²) in [7, 11) is 0. The lowest BCUT2D eigenvalue weighted by Gasteiger charge is -2.21. The molecule has 1 rings (SSSR count). The standard InChI is InChI=1S/C9H15NO2S/c1-5-6(2)10-7(11)9(3,4)13-8(10)12/h6H,5H2,1-4H3. The van der Waals surface area contributed by atoms with Gasteiger partial charge in [0.2, 0.25) is 5.91 Å². The molecule has 0 aromatic carbocycles. The number of nitrogens with zero attached hydrogens (tertiary/aromatic N) is 1. The smallest absolute Gasteiger partial charge is 0.273 e. The summed E-state index contributed by atoms with van der Waals surface area (Å²) in [4.78, 5) is 24.6. The highest BCUT2D eigenvalue weighted by atomic mass is 32.2. The van der Waals surface area contributed by atoms with E-state index >= 15 is 0 Å². The Balaban J connectivity index is 2.89. The van der Waals surface area contributed by atoms with Gasteiger partial charge in [0, 0.05) is 6.04 Å². The van der Waals surface area contributed by atoms with Gasteiger partial charge in [-0.3, -0.25) is 14.5 Å². The van der Waals surface area contributed by atoms with Gasteiger partial charge in [-0.1, -0.05) is 6.92 Å². The molecule has 3 nitrogen and oxygen atoms in total. The molecule has 1 fully saturated rings. The Morgan fingerprint density at radius 1 is 1.46 bits per heavy atom. The van der Waals surface area contributed by atoms with Crippen LogP contribution >= 0.6 is 11.8 Å². The highest BCUT2D eigenvalue weighted by Gasteiger charge is 2.47. The van der Waals surface area contributed by atoms with E-state index in [1.54, 1.807) is 13.8 Å². The molecule has 1 atom stereocenters. The first-order valence-corrected chi connectivity index (χ1v) is 5.28. The minimum Gasteiger partial charge on any atom is -0.273 e. The van der Waals surface area contributed by atoms with E-state index in [1.165, 1.54) is 4.90 Å². The zero-order valence-corrected chi connectivity index (χ0v) is 9.27. The molecule has 2 amide bonds. The van der Waals surface area contributed by atoms with Gasteiger partial charge in [-0.2, -0.15) is 0 Å². The van der Waals surface area contributed by atoms with Crippen molar-refractivity contribution in [3.05, 3.63) is 0 Å². The molecule has 1 saturated heterocycles. The van der Waals surface area contributed by atoms with E-state index in [9.17, 15) is 9.59 Å². The molecule has 4 heteroatoms. The maximum absolute atomic E-state index is 11.7. The van der Waals surface area contributed by atoms with Crippen LogP contribution in [-0.2, 0) is 4.79 Å². The predicted molar refractivity (Wildman–Crippen MR) is 53.7 cm³/mol. The zero-order chi connectivity index (χ0) is 10.2. The topological polar surface area (TPSA) is 37.4 Å².